The van der Waals surface area contributed by atoms with Crippen LogP contribution in [0.2, 0.25) is 0 Å². The summed E-state index contributed by atoms with van der Waals surface area (Å²) < 4.78 is 7.63. The summed E-state index contributed by atoms with van der Waals surface area (Å²) in [6.45, 7) is 2.25. The summed E-state index contributed by atoms with van der Waals surface area (Å²) in [4.78, 5) is 28.7. The molecular formula is C18H22N2O3S. The van der Waals surface area contributed by atoms with Gasteiger partial charge in [0.2, 0.25) is 0 Å². The van der Waals surface area contributed by atoms with Gasteiger partial charge in [0.1, 0.15) is 6.54 Å². The molecule has 0 atom stereocenters. The fourth-order valence-electron chi connectivity index (χ4n) is 2.60. The summed E-state index contributed by atoms with van der Waals surface area (Å²) in [7, 11) is 1.37. The normalized spacial score (nSPS) is 15.0. The molecule has 0 saturated heterocycles. The molecule has 0 spiro atoms. The Morgan fingerprint density at radius 2 is 2.17 bits per heavy atom. The number of carbonyl (C=O) groups is 2. The van der Waals surface area contributed by atoms with E-state index in [0.717, 1.165) is 42.3 Å². The van der Waals surface area contributed by atoms with Crippen LogP contribution >= 0.6 is 11.3 Å². The second-order valence-electron chi connectivity index (χ2n) is 6.18. The second-order valence-corrected chi connectivity index (χ2v) is 7.19. The minimum Gasteiger partial charge on any atom is -0.468 e. The maximum absolute atomic E-state index is 12.1. The van der Waals surface area contributed by atoms with Crippen LogP contribution in [0.25, 0.3) is 10.2 Å². The average Bonchev–Trinajstić information content (AvgIpc) is 3.38. The highest BCUT2D eigenvalue weighted by atomic mass is 32.1. The molecule has 1 aromatic carbocycles. The number of aromatic nitrogens is 1. The highest BCUT2D eigenvalue weighted by Gasteiger charge is 2.29. The third-order valence-corrected chi connectivity index (χ3v) is 5.25. The molecule has 0 bridgehead atoms. The zero-order chi connectivity index (χ0) is 17.1. The first-order chi connectivity index (χ1) is 11.6. The summed E-state index contributed by atoms with van der Waals surface area (Å²) in [6, 6.07) is 6.25. The molecule has 5 nitrogen and oxygen atoms in total. The summed E-state index contributed by atoms with van der Waals surface area (Å²) in [5.74, 6) is -0.349. The Morgan fingerprint density at radius 1 is 1.38 bits per heavy atom. The molecule has 0 radical (unpaired) electrons. The molecule has 1 fully saturated rings. The zero-order valence-electron chi connectivity index (χ0n) is 14.1. The maximum atomic E-state index is 12.1. The van der Waals surface area contributed by atoms with Crippen molar-refractivity contribution in [3.05, 3.63) is 28.6 Å². The predicted molar refractivity (Wildman–Crippen MR) is 93.7 cm³/mol. The lowest BCUT2D eigenvalue weighted by Crippen LogP contribution is -2.22. The van der Waals surface area contributed by atoms with E-state index < -0.39 is 0 Å². The fraction of sp³-hybridized carbons (Fsp3) is 0.500. The minimum absolute atomic E-state index is 0.0710. The summed E-state index contributed by atoms with van der Waals surface area (Å²) >= 11 is 1.47. The fourth-order valence-corrected chi connectivity index (χ4v) is 3.70. The second kappa shape index (κ2) is 7.30. The van der Waals surface area contributed by atoms with E-state index in [0.29, 0.717) is 4.80 Å². The number of benzene rings is 1. The number of thiazole rings is 1. The van der Waals surface area contributed by atoms with Crippen LogP contribution in [0.5, 0.6) is 0 Å². The van der Waals surface area contributed by atoms with E-state index in [4.69, 9.17) is 4.74 Å². The van der Waals surface area contributed by atoms with Gasteiger partial charge in [-0.15, -0.1) is 0 Å². The Morgan fingerprint density at radius 3 is 2.83 bits per heavy atom. The molecule has 3 rings (SSSR count). The molecule has 0 N–H and O–H groups in total. The largest absolute Gasteiger partial charge is 0.468 e. The number of ether oxygens (including phenoxy) is 1. The number of hydrogen-bond acceptors (Lipinski definition) is 4. The first-order valence-electron chi connectivity index (χ1n) is 8.40. The van der Waals surface area contributed by atoms with Crippen molar-refractivity contribution in [1.82, 2.24) is 4.57 Å². The smallest absolute Gasteiger partial charge is 0.325 e. The Bertz CT molecular complexity index is 830. The van der Waals surface area contributed by atoms with Crippen LogP contribution in [-0.4, -0.2) is 23.6 Å². The number of amides is 1. The van der Waals surface area contributed by atoms with Gasteiger partial charge in [-0.3, -0.25) is 9.59 Å². The summed E-state index contributed by atoms with van der Waals surface area (Å²) in [5, 5.41) is 0. The molecule has 1 aliphatic rings. The third-order valence-electron chi connectivity index (χ3n) is 4.21. The molecule has 24 heavy (non-hydrogen) atoms. The monoisotopic (exact) mass is 346 g/mol. The predicted octanol–water partition coefficient (Wildman–Crippen LogP) is 3.06. The van der Waals surface area contributed by atoms with Crippen LogP contribution < -0.4 is 4.80 Å². The standard InChI is InChI=1S/C18H22N2O3S/c1-3-4-5-12-6-9-14-15(10-12)24-18(19-17(22)13-7-8-13)20(14)11-16(21)23-2/h6,9-10,13H,3-5,7-8,11H2,1-2H3. The molecule has 6 heteroatoms. The molecule has 0 aliphatic heterocycles. The molecule has 128 valence electrons. The van der Waals surface area contributed by atoms with Crippen molar-refractivity contribution in [2.24, 2.45) is 10.9 Å². The van der Waals surface area contributed by atoms with E-state index in [1.54, 1.807) is 4.57 Å². The lowest BCUT2D eigenvalue weighted by molar-refractivity contribution is -0.141. The average molecular weight is 346 g/mol. The molecule has 2 aromatic rings. The van der Waals surface area contributed by atoms with E-state index in [9.17, 15) is 9.59 Å². The lowest BCUT2D eigenvalue weighted by atomic mass is 10.1. The van der Waals surface area contributed by atoms with Crippen molar-refractivity contribution in [3.63, 3.8) is 0 Å². The zero-order valence-corrected chi connectivity index (χ0v) is 14.9. The number of carbonyl (C=O) groups excluding carboxylic acids is 2. The molecule has 1 saturated carbocycles. The van der Waals surface area contributed by atoms with Crippen LogP contribution in [0, 0.1) is 5.92 Å². The van der Waals surface area contributed by atoms with Gasteiger partial charge in [0.15, 0.2) is 4.80 Å². The number of esters is 1. The highest BCUT2D eigenvalue weighted by Crippen LogP contribution is 2.30. The van der Waals surface area contributed by atoms with Crippen molar-refractivity contribution >= 4 is 33.4 Å². The van der Waals surface area contributed by atoms with Gasteiger partial charge in [0.25, 0.3) is 5.91 Å². The highest BCUT2D eigenvalue weighted by molar-refractivity contribution is 7.16. The Hall–Kier alpha value is -1.95. The van der Waals surface area contributed by atoms with Crippen molar-refractivity contribution in [2.75, 3.05) is 7.11 Å². The van der Waals surface area contributed by atoms with Gasteiger partial charge in [-0.1, -0.05) is 30.7 Å². The Kier molecular flexibility index (Phi) is 5.14. The van der Waals surface area contributed by atoms with Gasteiger partial charge in [-0.05, 0) is 43.4 Å². The van der Waals surface area contributed by atoms with Gasteiger partial charge in [0, 0.05) is 5.92 Å². The van der Waals surface area contributed by atoms with E-state index in [-0.39, 0.29) is 24.3 Å². The topological polar surface area (TPSA) is 60.7 Å². The SMILES string of the molecule is CCCCc1ccc2c(c1)sc(=NC(=O)C1CC1)n2CC(=O)OC. The minimum atomic E-state index is -0.343. The number of aryl methyl sites for hydroxylation is 1. The van der Waals surface area contributed by atoms with Crippen LogP contribution in [0.3, 0.4) is 0 Å². The van der Waals surface area contributed by atoms with E-state index in [1.807, 2.05) is 6.07 Å². The van der Waals surface area contributed by atoms with Gasteiger partial charge in [-0.25, -0.2) is 0 Å². The van der Waals surface area contributed by atoms with Gasteiger partial charge in [0.05, 0.1) is 17.3 Å². The summed E-state index contributed by atoms with van der Waals surface area (Å²) in [6.07, 6.45) is 5.18. The van der Waals surface area contributed by atoms with Crippen molar-refractivity contribution in [2.45, 2.75) is 45.6 Å². The summed E-state index contributed by atoms with van der Waals surface area (Å²) in [5.41, 5.74) is 2.20. The number of unbranched alkanes of at least 4 members (excludes halogenated alkanes) is 1. The van der Waals surface area contributed by atoms with E-state index in [1.165, 1.54) is 24.0 Å². The van der Waals surface area contributed by atoms with E-state index >= 15 is 0 Å². The molecule has 1 aliphatic carbocycles. The third kappa shape index (κ3) is 3.75. The van der Waals surface area contributed by atoms with E-state index in [2.05, 4.69) is 24.0 Å². The number of hydrogen-bond donors (Lipinski definition) is 0. The quantitative estimate of drug-likeness (QED) is 0.755. The Balaban J connectivity index is 2.04. The van der Waals surface area contributed by atoms with Gasteiger partial charge < -0.3 is 9.30 Å². The maximum Gasteiger partial charge on any atom is 0.325 e. The first-order valence-corrected chi connectivity index (χ1v) is 9.21. The molecule has 1 aromatic heterocycles. The van der Waals surface area contributed by atoms with Crippen molar-refractivity contribution in [3.8, 4) is 0 Å². The molecule has 1 heterocycles. The number of nitrogens with zero attached hydrogens (tertiary/aromatic N) is 2. The van der Waals surface area contributed by atoms with Crippen LogP contribution in [0.1, 0.15) is 38.2 Å². The van der Waals surface area contributed by atoms with Gasteiger partial charge in [-0.2, -0.15) is 4.99 Å². The molecule has 0 unspecified atom stereocenters. The van der Waals surface area contributed by atoms with Crippen LogP contribution in [0.15, 0.2) is 23.2 Å². The van der Waals surface area contributed by atoms with Crippen LogP contribution in [-0.2, 0) is 27.3 Å². The van der Waals surface area contributed by atoms with Gasteiger partial charge >= 0.3 is 5.97 Å². The van der Waals surface area contributed by atoms with Crippen LogP contribution in [0.4, 0.5) is 0 Å². The molecule has 1 amide bonds. The lowest BCUT2D eigenvalue weighted by Gasteiger charge is -2.04. The number of rotatable bonds is 6. The first kappa shape index (κ1) is 16.9. The Labute approximate surface area is 145 Å². The molecular weight excluding hydrogens is 324 g/mol. The van der Waals surface area contributed by atoms with Crippen molar-refractivity contribution in [1.29, 1.82) is 0 Å². The van der Waals surface area contributed by atoms with Crippen molar-refractivity contribution < 1.29 is 14.3 Å². The number of methoxy groups -OCH3 is 1. The number of fused-ring (bicyclic) bond motifs is 1.